The van der Waals surface area contributed by atoms with E-state index in [0.29, 0.717) is 19.1 Å². The molecule has 2 aliphatic carbocycles. The van der Waals surface area contributed by atoms with Crippen LogP contribution in [-0.2, 0) is 20.4 Å². The van der Waals surface area contributed by atoms with Crippen LogP contribution in [0, 0.1) is 11.8 Å². The van der Waals surface area contributed by atoms with Gasteiger partial charge >= 0.3 is 251 Å². The molecule has 0 amide bonds. The zero-order chi connectivity index (χ0) is 27.6. The predicted molar refractivity (Wildman–Crippen MR) is 171 cm³/mol. The van der Waals surface area contributed by atoms with Gasteiger partial charge in [-0.15, -0.1) is 0 Å². The van der Waals surface area contributed by atoms with Gasteiger partial charge in [0.05, 0.1) is 0 Å². The third-order valence-corrected chi connectivity index (χ3v) is 29.1. The van der Waals surface area contributed by atoms with Crippen LogP contribution in [0.5, 0.6) is 0 Å². The number of hydrogen-bond acceptors (Lipinski definition) is 0. The Morgan fingerprint density at radius 2 is 0.881 bits per heavy atom. The second-order valence-electron chi connectivity index (χ2n) is 12.3. The summed E-state index contributed by atoms with van der Waals surface area (Å²) in [5.74, 6) is 1.30. The van der Waals surface area contributed by atoms with Gasteiger partial charge in [0.1, 0.15) is 0 Å². The number of hydrogen-bond donors (Lipinski definition) is 0. The van der Waals surface area contributed by atoms with Gasteiger partial charge in [0, 0.05) is 0 Å². The van der Waals surface area contributed by atoms with Gasteiger partial charge in [-0.2, -0.15) is 0 Å². The van der Waals surface area contributed by atoms with Crippen molar-refractivity contribution in [1.29, 1.82) is 0 Å². The Balaban J connectivity index is 0.00000202. The molecular weight excluding hydrogens is 647 g/mol. The average Bonchev–Trinajstić information content (AvgIpc) is 3.49. The van der Waals surface area contributed by atoms with Gasteiger partial charge in [-0.3, -0.25) is 0 Å². The molecule has 0 saturated heterocycles. The van der Waals surface area contributed by atoms with E-state index in [-0.39, 0.29) is 24.8 Å². The maximum absolute atomic E-state index is 2.60. The monoisotopic (exact) mass is 684 g/mol. The van der Waals surface area contributed by atoms with Crippen LogP contribution in [0.25, 0.3) is 12.2 Å². The Labute approximate surface area is 273 Å². The van der Waals surface area contributed by atoms with Crippen LogP contribution in [0.15, 0.2) is 120 Å². The third-order valence-electron chi connectivity index (χ3n) is 8.36. The average molecular weight is 687 g/mol. The first-order chi connectivity index (χ1) is 19.5. The van der Waals surface area contributed by atoms with Crippen LogP contribution in [0.1, 0.15) is 70.0 Å². The molecule has 2 unspecified atom stereocenters. The molecule has 2 aliphatic rings. The second-order valence-corrected chi connectivity index (χ2v) is 26.4. The van der Waals surface area contributed by atoms with Crippen molar-refractivity contribution in [2.75, 3.05) is 0 Å². The quantitative estimate of drug-likeness (QED) is 0.251. The fourth-order valence-electron chi connectivity index (χ4n) is 6.97. The van der Waals surface area contributed by atoms with E-state index >= 15 is 0 Å². The van der Waals surface area contributed by atoms with Crippen molar-refractivity contribution in [2.45, 2.75) is 47.8 Å². The van der Waals surface area contributed by atoms with Crippen LogP contribution >= 0.6 is 0 Å². The maximum atomic E-state index is 2.60. The Bertz CT molecular complexity index is 1480. The van der Waals surface area contributed by atoms with Gasteiger partial charge in [-0.05, 0) is 0 Å². The van der Waals surface area contributed by atoms with Gasteiger partial charge in [-0.25, -0.2) is 0 Å². The van der Waals surface area contributed by atoms with Crippen LogP contribution < -0.4 is 35.2 Å². The van der Waals surface area contributed by atoms with Crippen LogP contribution in [0.2, 0.25) is 0 Å². The van der Waals surface area contributed by atoms with E-state index in [2.05, 4.69) is 149 Å². The normalized spacial score (nSPS) is 16.4. The molecule has 0 N–H and O–H groups in total. The maximum Gasteiger partial charge on any atom is -1.00 e. The van der Waals surface area contributed by atoms with Crippen molar-refractivity contribution in [3.63, 3.8) is 0 Å². The van der Waals surface area contributed by atoms with Crippen molar-refractivity contribution in [3.8, 4) is 0 Å². The van der Waals surface area contributed by atoms with E-state index in [1.54, 1.807) is 32.6 Å². The number of halogens is 2. The molecule has 42 heavy (non-hydrogen) atoms. The first kappa shape index (κ1) is 32.9. The molecule has 0 spiro atoms. The number of rotatable bonds is 8. The smallest absolute Gasteiger partial charge is 1.00 e. The molecule has 214 valence electrons. The zero-order valence-corrected chi connectivity index (χ0v) is 30.0. The molecule has 0 radical (unpaired) electrons. The summed E-state index contributed by atoms with van der Waals surface area (Å²) in [5.41, 5.74) is 8.62. The molecule has 0 aliphatic heterocycles. The Morgan fingerprint density at radius 3 is 1.26 bits per heavy atom. The first-order valence-electron chi connectivity index (χ1n) is 14.9. The summed E-state index contributed by atoms with van der Waals surface area (Å²) in [6, 6.07) is 42.1. The fourth-order valence-corrected chi connectivity index (χ4v) is 32.0. The molecule has 0 heterocycles. The summed E-state index contributed by atoms with van der Waals surface area (Å²) in [6.45, 7) is 9.61. The van der Waals surface area contributed by atoms with Crippen LogP contribution in [0.4, 0.5) is 0 Å². The van der Waals surface area contributed by atoms with Crippen molar-refractivity contribution in [1.82, 2.24) is 0 Å². The van der Waals surface area contributed by atoms with Crippen LogP contribution in [0.3, 0.4) is 0 Å². The SMILES string of the molecule is CC(C)CC1=Cc2ccccc2[CH]1[Zr+2]([CH]1C(CC(C)C)=Cc2ccccc21)=[Si](c1ccccc1)c1ccccc1.[Cl-].[Cl-]. The van der Waals surface area contributed by atoms with E-state index in [9.17, 15) is 0 Å². The summed E-state index contributed by atoms with van der Waals surface area (Å²) in [7, 11) is 0. The summed E-state index contributed by atoms with van der Waals surface area (Å²) < 4.78 is 1.20. The molecule has 0 fully saturated rings. The van der Waals surface area contributed by atoms with Crippen molar-refractivity contribution < 1.29 is 45.2 Å². The first-order valence-corrected chi connectivity index (χ1v) is 23.0. The number of allylic oxidation sites excluding steroid dienone is 2. The van der Waals surface area contributed by atoms with Crippen molar-refractivity contribution in [2.24, 2.45) is 11.8 Å². The largest absolute Gasteiger partial charge is 1.00 e. The van der Waals surface area contributed by atoms with Gasteiger partial charge in [0.2, 0.25) is 0 Å². The molecule has 2 atom stereocenters. The Kier molecular flexibility index (Phi) is 11.5. The minimum absolute atomic E-state index is 0. The summed E-state index contributed by atoms with van der Waals surface area (Å²) >= 11 is -2.52. The van der Waals surface area contributed by atoms with E-state index in [1.807, 2.05) is 0 Å². The van der Waals surface area contributed by atoms with Gasteiger partial charge in [-0.1, -0.05) is 0 Å². The minimum Gasteiger partial charge on any atom is -1.00 e. The van der Waals surface area contributed by atoms with Crippen molar-refractivity contribution >= 4 is 28.0 Å². The molecule has 6 rings (SSSR count). The van der Waals surface area contributed by atoms with E-state index in [1.165, 1.54) is 24.0 Å². The van der Waals surface area contributed by atoms with Gasteiger partial charge in [0.15, 0.2) is 0 Å². The Morgan fingerprint density at radius 1 is 0.524 bits per heavy atom. The van der Waals surface area contributed by atoms with E-state index in [4.69, 9.17) is 0 Å². The molecule has 0 saturated carbocycles. The molecule has 0 bridgehead atoms. The third kappa shape index (κ3) is 6.73. The molecule has 0 aromatic heterocycles. The molecular formula is C38H40Cl2SiZr. The van der Waals surface area contributed by atoms with Crippen molar-refractivity contribution in [3.05, 3.63) is 143 Å². The topological polar surface area (TPSA) is 0 Å². The zero-order valence-electron chi connectivity index (χ0n) is 25.0. The molecule has 0 nitrogen and oxygen atoms in total. The van der Waals surface area contributed by atoms with E-state index < -0.39 is 25.8 Å². The summed E-state index contributed by atoms with van der Waals surface area (Å²) in [5, 5.41) is 3.21. The van der Waals surface area contributed by atoms with Gasteiger partial charge < -0.3 is 24.8 Å². The molecule has 4 aromatic carbocycles. The van der Waals surface area contributed by atoms with E-state index in [0.717, 1.165) is 0 Å². The predicted octanol–water partition coefficient (Wildman–Crippen LogP) is 2.79. The second kappa shape index (κ2) is 14.7. The number of benzene rings is 4. The standard InChI is InChI=1S/2C13H15.C12H10Si.2ClH.Zr/c2*1-10(2)7-11-8-12-5-3-4-6-13(12)9-11;1-3-7-11(8-4-1)13-12-9-5-2-6-10-12;;;/h2*3-6,8-10H,7H2,1-2H3;1-10H;2*1H;/q;;;;;+2/p-2. The minimum atomic E-state index is -2.52. The number of fused-ring (bicyclic) bond motifs is 2. The fraction of sp³-hybridized carbons (Fsp3) is 0.263. The molecule has 4 heteroatoms. The molecule has 4 aromatic rings. The van der Waals surface area contributed by atoms with Gasteiger partial charge in [0.25, 0.3) is 0 Å². The van der Waals surface area contributed by atoms with Crippen LogP contribution in [-0.4, -0.2) is 5.43 Å². The summed E-state index contributed by atoms with van der Waals surface area (Å²) in [4.78, 5) is 0. The summed E-state index contributed by atoms with van der Waals surface area (Å²) in [6.07, 6.45) is 7.59. The Hall–Kier alpha value is -1.96.